The molecule has 1 aromatic carbocycles. The largest absolute Gasteiger partial charge is 0.496 e. The van der Waals surface area contributed by atoms with Gasteiger partial charge in [-0.25, -0.2) is 4.79 Å². The van der Waals surface area contributed by atoms with Crippen LogP contribution >= 0.6 is 0 Å². The number of nitrogens with one attached hydrogen (secondary N) is 2. The fourth-order valence-electron chi connectivity index (χ4n) is 3.03. The first kappa shape index (κ1) is 16.8. The molecule has 0 radical (unpaired) electrons. The molecule has 1 aromatic heterocycles. The molecular weight excluding hydrogens is 320 g/mol. The number of fused-ring (bicyclic) bond motifs is 1. The summed E-state index contributed by atoms with van der Waals surface area (Å²) in [7, 11) is 1.48. The number of methoxy groups -OCH3 is 1. The lowest BCUT2D eigenvalue weighted by molar-refractivity contribution is -0.110. The van der Waals surface area contributed by atoms with Gasteiger partial charge in [-0.3, -0.25) is 4.79 Å². The van der Waals surface area contributed by atoms with Gasteiger partial charge in [0, 0.05) is 17.0 Å². The number of H-pyrrole nitrogens is 1. The summed E-state index contributed by atoms with van der Waals surface area (Å²) in [6, 6.07) is 5.37. The van der Waals surface area contributed by atoms with Gasteiger partial charge in [-0.1, -0.05) is 0 Å². The van der Waals surface area contributed by atoms with Crippen LogP contribution in [0.15, 0.2) is 18.2 Å². The third-order valence-electron chi connectivity index (χ3n) is 4.11. The molecule has 6 nitrogen and oxygen atoms in total. The monoisotopic (exact) mass is 340 g/mol. The average molecular weight is 340 g/mol. The van der Waals surface area contributed by atoms with E-state index in [4.69, 9.17) is 9.47 Å². The van der Waals surface area contributed by atoms with Crippen molar-refractivity contribution in [2.75, 3.05) is 19.0 Å². The topological polar surface area (TPSA) is 80.4 Å². The second-order valence-corrected chi connectivity index (χ2v) is 5.85. The van der Waals surface area contributed by atoms with Crippen LogP contribution in [0.5, 0.6) is 5.75 Å². The van der Waals surface area contributed by atoms with Gasteiger partial charge >= 0.3 is 5.97 Å². The summed E-state index contributed by atoms with van der Waals surface area (Å²) in [5, 5.41) is 2.80. The van der Waals surface area contributed by atoms with Crippen molar-refractivity contribution in [3.63, 3.8) is 0 Å². The van der Waals surface area contributed by atoms with Crippen molar-refractivity contribution >= 4 is 29.2 Å². The van der Waals surface area contributed by atoms with E-state index in [1.807, 2.05) is 19.9 Å². The number of anilines is 1. The zero-order chi connectivity index (χ0) is 18.1. The summed E-state index contributed by atoms with van der Waals surface area (Å²) in [5.41, 5.74) is 4.59. The van der Waals surface area contributed by atoms with Gasteiger partial charge in [-0.2, -0.15) is 0 Å². The van der Waals surface area contributed by atoms with Crippen LogP contribution in [0.2, 0.25) is 0 Å². The van der Waals surface area contributed by atoms with Gasteiger partial charge in [0.25, 0.3) is 5.91 Å². The van der Waals surface area contributed by atoms with Crippen LogP contribution in [0.3, 0.4) is 0 Å². The number of hydrogen-bond donors (Lipinski definition) is 2. The van der Waals surface area contributed by atoms with Crippen LogP contribution in [-0.2, 0) is 9.53 Å². The van der Waals surface area contributed by atoms with E-state index < -0.39 is 5.97 Å². The van der Waals surface area contributed by atoms with Crippen molar-refractivity contribution in [3.8, 4) is 5.75 Å². The van der Waals surface area contributed by atoms with Crippen molar-refractivity contribution in [1.82, 2.24) is 4.98 Å². The number of aromatic nitrogens is 1. The van der Waals surface area contributed by atoms with E-state index in [-0.39, 0.29) is 18.1 Å². The average Bonchev–Trinajstić information content (AvgIpc) is 3.06. The Bertz CT molecular complexity index is 893. The lowest BCUT2D eigenvalue weighted by atomic mass is 9.98. The summed E-state index contributed by atoms with van der Waals surface area (Å²) in [6.07, 6.45) is 1.76. The Kier molecular flexibility index (Phi) is 4.35. The number of aryl methyl sites for hydroxylation is 2. The predicted octanol–water partition coefficient (Wildman–Crippen LogP) is 3.31. The molecule has 2 N–H and O–H groups in total. The van der Waals surface area contributed by atoms with E-state index in [2.05, 4.69) is 10.3 Å². The van der Waals surface area contributed by atoms with E-state index in [1.165, 1.54) is 7.11 Å². The SMILES string of the molecule is CCOC(=O)c1c(OC)ccc2c1/C(=C/c1[nH]c(C)cc1C)C(=O)N2. The number of amides is 1. The molecule has 0 bridgehead atoms. The van der Waals surface area contributed by atoms with Crippen molar-refractivity contribution < 1.29 is 19.1 Å². The first-order valence-corrected chi connectivity index (χ1v) is 8.04. The number of hydrogen-bond acceptors (Lipinski definition) is 4. The van der Waals surface area contributed by atoms with Crippen LogP contribution in [0, 0.1) is 13.8 Å². The van der Waals surface area contributed by atoms with Gasteiger partial charge in [0.05, 0.1) is 25.0 Å². The number of ether oxygens (including phenoxy) is 2. The quantitative estimate of drug-likeness (QED) is 0.661. The van der Waals surface area contributed by atoms with Crippen LogP contribution in [0.25, 0.3) is 11.6 Å². The maximum absolute atomic E-state index is 12.5. The summed E-state index contributed by atoms with van der Waals surface area (Å²) in [5.74, 6) is -0.405. The number of benzene rings is 1. The maximum atomic E-state index is 12.5. The molecule has 1 aliphatic heterocycles. The predicted molar refractivity (Wildman–Crippen MR) is 95.7 cm³/mol. The normalized spacial score (nSPS) is 14.4. The Morgan fingerprint density at radius 1 is 1.28 bits per heavy atom. The van der Waals surface area contributed by atoms with E-state index >= 15 is 0 Å². The Labute approximate surface area is 145 Å². The van der Waals surface area contributed by atoms with Gasteiger partial charge in [0.15, 0.2) is 0 Å². The van der Waals surface area contributed by atoms with Crippen LogP contribution < -0.4 is 10.1 Å². The Morgan fingerprint density at radius 2 is 2.04 bits per heavy atom. The highest BCUT2D eigenvalue weighted by atomic mass is 16.5. The number of carbonyl (C=O) groups is 2. The Balaban J connectivity index is 2.22. The van der Waals surface area contributed by atoms with E-state index in [0.717, 1.165) is 17.0 Å². The van der Waals surface area contributed by atoms with Gasteiger partial charge in [-0.05, 0) is 50.6 Å². The molecule has 0 saturated heterocycles. The Morgan fingerprint density at radius 3 is 2.64 bits per heavy atom. The van der Waals surface area contributed by atoms with Crippen molar-refractivity contribution in [2.24, 2.45) is 0 Å². The Hall–Kier alpha value is -3.02. The van der Waals surface area contributed by atoms with Gasteiger partial charge in [0.1, 0.15) is 11.3 Å². The van der Waals surface area contributed by atoms with Crippen molar-refractivity contribution in [3.05, 3.63) is 46.3 Å². The summed E-state index contributed by atoms with van der Waals surface area (Å²) in [6.45, 7) is 5.88. The first-order chi connectivity index (χ1) is 12.0. The van der Waals surface area contributed by atoms with E-state index in [1.54, 1.807) is 25.1 Å². The molecule has 0 fully saturated rings. The molecule has 3 rings (SSSR count). The zero-order valence-corrected chi connectivity index (χ0v) is 14.6. The standard InChI is InChI=1S/C19H20N2O4/c1-5-25-19(23)17-15(24-4)7-6-13-16(17)12(18(22)21-13)9-14-10(2)8-11(3)20-14/h6-9,20H,5H2,1-4H3,(H,21,22)/b12-9-. The minimum Gasteiger partial charge on any atom is -0.496 e. The molecule has 0 atom stereocenters. The third kappa shape index (κ3) is 2.91. The first-order valence-electron chi connectivity index (χ1n) is 8.04. The maximum Gasteiger partial charge on any atom is 0.342 e. The molecule has 0 unspecified atom stereocenters. The molecule has 2 heterocycles. The number of carbonyl (C=O) groups excluding carboxylic acids is 2. The summed E-state index contributed by atoms with van der Waals surface area (Å²) >= 11 is 0. The van der Waals surface area contributed by atoms with Gasteiger partial charge < -0.3 is 19.8 Å². The van der Waals surface area contributed by atoms with Gasteiger partial charge in [-0.15, -0.1) is 0 Å². The molecule has 0 aliphatic carbocycles. The fraction of sp³-hybridized carbons (Fsp3) is 0.263. The number of aromatic amines is 1. The molecule has 2 aromatic rings. The lowest BCUT2D eigenvalue weighted by Crippen LogP contribution is -2.10. The van der Waals surface area contributed by atoms with Crippen LogP contribution in [0.1, 0.15) is 39.8 Å². The molecule has 1 aliphatic rings. The molecule has 1 amide bonds. The molecule has 25 heavy (non-hydrogen) atoms. The highest BCUT2D eigenvalue weighted by molar-refractivity contribution is 6.36. The van der Waals surface area contributed by atoms with Crippen molar-refractivity contribution in [1.29, 1.82) is 0 Å². The zero-order valence-electron chi connectivity index (χ0n) is 14.6. The molecular formula is C19H20N2O4. The van der Waals surface area contributed by atoms with Crippen LogP contribution in [0.4, 0.5) is 5.69 Å². The lowest BCUT2D eigenvalue weighted by Gasteiger charge is -2.12. The minimum atomic E-state index is -0.516. The van der Waals surface area contributed by atoms with E-state index in [9.17, 15) is 9.59 Å². The highest BCUT2D eigenvalue weighted by Gasteiger charge is 2.32. The molecule has 0 spiro atoms. The molecule has 6 heteroatoms. The van der Waals surface area contributed by atoms with E-state index in [0.29, 0.717) is 22.6 Å². The second-order valence-electron chi connectivity index (χ2n) is 5.85. The molecule has 130 valence electrons. The molecule has 0 saturated carbocycles. The van der Waals surface area contributed by atoms with Gasteiger partial charge in [0.2, 0.25) is 0 Å². The smallest absolute Gasteiger partial charge is 0.342 e. The fourth-order valence-corrected chi connectivity index (χ4v) is 3.03. The highest BCUT2D eigenvalue weighted by Crippen LogP contribution is 2.40. The van der Waals surface area contributed by atoms with Crippen LogP contribution in [-0.4, -0.2) is 30.6 Å². The van der Waals surface area contributed by atoms with Crippen molar-refractivity contribution in [2.45, 2.75) is 20.8 Å². The third-order valence-corrected chi connectivity index (χ3v) is 4.11. The minimum absolute atomic E-state index is 0.237. The summed E-state index contributed by atoms with van der Waals surface area (Å²) < 4.78 is 10.5. The second kappa shape index (κ2) is 6.47. The number of esters is 1. The summed E-state index contributed by atoms with van der Waals surface area (Å²) in [4.78, 5) is 28.2. The number of rotatable bonds is 4.